The highest BCUT2D eigenvalue weighted by atomic mass is 32.2. The van der Waals surface area contributed by atoms with E-state index >= 15 is 0 Å². The third-order valence-electron chi connectivity index (χ3n) is 2.89. The Labute approximate surface area is 117 Å². The number of carbonyl (C=O) groups is 1. The normalized spacial score (nSPS) is 19.6. The van der Waals surface area contributed by atoms with E-state index in [-0.39, 0.29) is 17.4 Å². The summed E-state index contributed by atoms with van der Waals surface area (Å²) in [6.45, 7) is 2.75. The quantitative estimate of drug-likeness (QED) is 0.816. The molecule has 0 saturated carbocycles. The van der Waals surface area contributed by atoms with E-state index in [0.717, 1.165) is 0 Å². The molecule has 0 radical (unpaired) electrons. The minimum atomic E-state index is -3.75. The first-order chi connectivity index (χ1) is 9.38. The first-order valence-corrected chi connectivity index (χ1v) is 7.56. The molecule has 2 rings (SSSR count). The van der Waals surface area contributed by atoms with Crippen LogP contribution in [0.4, 0.5) is 5.69 Å². The van der Waals surface area contributed by atoms with Crippen LogP contribution in [0.3, 0.4) is 0 Å². The van der Waals surface area contributed by atoms with E-state index in [1.165, 1.54) is 18.2 Å². The van der Waals surface area contributed by atoms with E-state index in [4.69, 9.17) is 14.6 Å². The number of ether oxygens (including phenoxy) is 2. The van der Waals surface area contributed by atoms with Gasteiger partial charge < -0.3 is 14.8 Å². The largest absolute Gasteiger partial charge is 0.376 e. The molecule has 1 saturated heterocycles. The molecule has 1 aliphatic heterocycles. The van der Waals surface area contributed by atoms with Crippen LogP contribution in [0, 0.1) is 6.92 Å². The van der Waals surface area contributed by atoms with Gasteiger partial charge in [-0.2, -0.15) is 0 Å². The molecule has 3 N–H and O–H groups in total. The van der Waals surface area contributed by atoms with Gasteiger partial charge in [0.2, 0.25) is 10.0 Å². The first-order valence-electron chi connectivity index (χ1n) is 6.01. The smallest absolute Gasteiger partial charge is 0.255 e. The Hall–Kier alpha value is -1.48. The first kappa shape index (κ1) is 14.9. The van der Waals surface area contributed by atoms with E-state index < -0.39 is 16.1 Å². The Bertz CT molecular complexity index is 608. The van der Waals surface area contributed by atoms with E-state index in [1.54, 1.807) is 6.92 Å². The Balaban J connectivity index is 2.11. The zero-order valence-corrected chi connectivity index (χ0v) is 11.8. The molecule has 1 atom stereocenters. The summed E-state index contributed by atoms with van der Waals surface area (Å²) >= 11 is 0. The van der Waals surface area contributed by atoms with Crippen molar-refractivity contribution >= 4 is 21.6 Å². The second-order valence-corrected chi connectivity index (χ2v) is 6.01. The van der Waals surface area contributed by atoms with Gasteiger partial charge in [-0.15, -0.1) is 0 Å². The monoisotopic (exact) mass is 300 g/mol. The molecule has 1 aromatic rings. The van der Waals surface area contributed by atoms with Crippen molar-refractivity contribution in [2.45, 2.75) is 17.9 Å². The summed E-state index contributed by atoms with van der Waals surface area (Å²) in [5, 5.41) is 7.72. The summed E-state index contributed by atoms with van der Waals surface area (Å²) in [6, 6.07) is 4.25. The summed E-state index contributed by atoms with van der Waals surface area (Å²) in [4.78, 5) is 11.9. The number of primary sulfonamides is 1. The molecule has 1 aromatic carbocycles. The lowest BCUT2D eigenvalue weighted by Crippen LogP contribution is -2.39. The number of anilines is 1. The Morgan fingerprint density at radius 3 is 2.70 bits per heavy atom. The van der Waals surface area contributed by atoms with Gasteiger partial charge in [0.15, 0.2) is 6.10 Å². The van der Waals surface area contributed by atoms with Gasteiger partial charge in [0.25, 0.3) is 5.91 Å². The fourth-order valence-corrected chi connectivity index (χ4v) is 2.40. The number of aryl methyl sites for hydroxylation is 1. The highest BCUT2D eigenvalue weighted by Crippen LogP contribution is 2.19. The lowest BCUT2D eigenvalue weighted by atomic mass is 10.2. The Morgan fingerprint density at radius 1 is 1.40 bits per heavy atom. The molecule has 0 aliphatic carbocycles. The van der Waals surface area contributed by atoms with Gasteiger partial charge in [-0.3, -0.25) is 4.79 Å². The van der Waals surface area contributed by atoms with Crippen LogP contribution < -0.4 is 10.5 Å². The van der Waals surface area contributed by atoms with Crippen LogP contribution in [0.1, 0.15) is 5.56 Å². The third-order valence-corrected chi connectivity index (χ3v) is 3.80. The average molecular weight is 300 g/mol. The van der Waals surface area contributed by atoms with Crippen LogP contribution in [0.2, 0.25) is 0 Å². The summed E-state index contributed by atoms with van der Waals surface area (Å²) in [7, 11) is -3.75. The molecule has 1 heterocycles. The predicted molar refractivity (Wildman–Crippen MR) is 71.7 cm³/mol. The zero-order chi connectivity index (χ0) is 14.8. The second kappa shape index (κ2) is 5.88. The highest BCUT2D eigenvalue weighted by Gasteiger charge is 2.23. The van der Waals surface area contributed by atoms with Crippen molar-refractivity contribution in [1.82, 2.24) is 0 Å². The molecule has 0 spiro atoms. The lowest BCUT2D eigenvalue weighted by Gasteiger charge is -2.22. The number of carbonyl (C=O) groups excluding carboxylic acids is 1. The van der Waals surface area contributed by atoms with Crippen LogP contribution in [0.15, 0.2) is 23.1 Å². The molecular weight excluding hydrogens is 284 g/mol. The van der Waals surface area contributed by atoms with Crippen molar-refractivity contribution in [3.63, 3.8) is 0 Å². The number of benzene rings is 1. The molecule has 1 aliphatic rings. The summed E-state index contributed by atoms with van der Waals surface area (Å²) in [5.74, 6) is -0.323. The van der Waals surface area contributed by atoms with Crippen molar-refractivity contribution in [1.29, 1.82) is 0 Å². The Kier molecular flexibility index (Phi) is 4.39. The van der Waals surface area contributed by atoms with E-state index in [2.05, 4.69) is 5.32 Å². The second-order valence-electron chi connectivity index (χ2n) is 4.45. The van der Waals surface area contributed by atoms with Gasteiger partial charge in [0.05, 0.1) is 24.7 Å². The van der Waals surface area contributed by atoms with Crippen molar-refractivity contribution in [2.24, 2.45) is 5.14 Å². The topological polar surface area (TPSA) is 108 Å². The minimum Gasteiger partial charge on any atom is -0.376 e. The molecule has 0 aromatic heterocycles. The van der Waals surface area contributed by atoms with Crippen molar-refractivity contribution in [3.05, 3.63) is 23.8 Å². The van der Waals surface area contributed by atoms with Crippen molar-refractivity contribution in [2.75, 3.05) is 25.1 Å². The summed E-state index contributed by atoms with van der Waals surface area (Å²) < 4.78 is 32.9. The van der Waals surface area contributed by atoms with Gasteiger partial charge in [-0.25, -0.2) is 13.6 Å². The van der Waals surface area contributed by atoms with Gasteiger partial charge in [-0.05, 0) is 30.7 Å². The maximum absolute atomic E-state index is 11.9. The van der Waals surface area contributed by atoms with E-state index in [0.29, 0.717) is 24.5 Å². The van der Waals surface area contributed by atoms with Crippen molar-refractivity contribution < 1.29 is 22.7 Å². The number of nitrogens with one attached hydrogen (secondary N) is 1. The van der Waals surface area contributed by atoms with Gasteiger partial charge in [-0.1, -0.05) is 0 Å². The van der Waals surface area contributed by atoms with Crippen molar-refractivity contribution in [3.8, 4) is 0 Å². The van der Waals surface area contributed by atoms with Gasteiger partial charge in [0, 0.05) is 5.69 Å². The molecular formula is C12H16N2O5S. The molecule has 1 amide bonds. The van der Waals surface area contributed by atoms with Gasteiger partial charge >= 0.3 is 0 Å². The zero-order valence-electron chi connectivity index (χ0n) is 11.0. The van der Waals surface area contributed by atoms with Crippen LogP contribution in [0.25, 0.3) is 0 Å². The van der Waals surface area contributed by atoms with E-state index in [1.807, 2.05) is 0 Å². The molecule has 1 fully saturated rings. The third kappa shape index (κ3) is 3.54. The SMILES string of the molecule is Cc1cc(S(N)(=O)=O)ccc1NC(=O)C1COCCO1. The summed E-state index contributed by atoms with van der Waals surface area (Å²) in [6.07, 6.45) is -0.652. The molecule has 20 heavy (non-hydrogen) atoms. The maximum atomic E-state index is 11.9. The summed E-state index contributed by atoms with van der Waals surface area (Å²) in [5.41, 5.74) is 1.11. The van der Waals surface area contributed by atoms with Crippen LogP contribution in [-0.4, -0.2) is 40.2 Å². The predicted octanol–water partition coefficient (Wildman–Crippen LogP) is -0.00368. The fraction of sp³-hybridized carbons (Fsp3) is 0.417. The lowest BCUT2D eigenvalue weighted by molar-refractivity contribution is -0.142. The van der Waals surface area contributed by atoms with Gasteiger partial charge in [0.1, 0.15) is 0 Å². The number of amides is 1. The number of hydrogen-bond donors (Lipinski definition) is 2. The van der Waals surface area contributed by atoms with Crippen LogP contribution in [-0.2, 0) is 24.3 Å². The molecule has 8 heteroatoms. The van der Waals surface area contributed by atoms with E-state index in [9.17, 15) is 13.2 Å². The fourth-order valence-electron chi connectivity index (χ4n) is 1.81. The molecule has 110 valence electrons. The molecule has 7 nitrogen and oxygen atoms in total. The number of hydrogen-bond acceptors (Lipinski definition) is 5. The molecule has 1 unspecified atom stereocenters. The highest BCUT2D eigenvalue weighted by molar-refractivity contribution is 7.89. The maximum Gasteiger partial charge on any atom is 0.255 e. The Morgan fingerprint density at radius 2 is 2.15 bits per heavy atom. The number of rotatable bonds is 3. The molecule has 0 bridgehead atoms. The number of sulfonamides is 1. The standard InChI is InChI=1S/C12H16N2O5S/c1-8-6-9(20(13,16)17)2-3-10(8)14-12(15)11-7-18-4-5-19-11/h2-3,6,11H,4-5,7H2,1H3,(H,14,15)(H2,13,16,17). The number of nitrogens with two attached hydrogens (primary N) is 1. The minimum absolute atomic E-state index is 0.00486. The van der Waals surface area contributed by atoms with Crippen LogP contribution in [0.5, 0.6) is 0 Å². The van der Waals surface area contributed by atoms with Crippen LogP contribution >= 0.6 is 0 Å². The average Bonchev–Trinajstić information content (AvgIpc) is 2.41.